The Morgan fingerprint density at radius 2 is 0.958 bits per heavy atom. The molecule has 12 atom stereocenters. The zero-order valence-electron chi connectivity index (χ0n) is 61.0. The monoisotopic (exact) mass is 1340 g/mol. The van der Waals surface area contributed by atoms with Gasteiger partial charge in [-0.1, -0.05) is 133 Å². The van der Waals surface area contributed by atoms with Gasteiger partial charge in [-0.2, -0.15) is 0 Å². The number of aliphatic hydroxyl groups excluding tert-OH is 1. The summed E-state index contributed by atoms with van der Waals surface area (Å²) in [6.07, 6.45) is 2.58. The minimum Gasteiger partial charge on any atom is -0.480 e. The van der Waals surface area contributed by atoms with E-state index in [4.69, 9.17) is 4.74 Å². The van der Waals surface area contributed by atoms with Gasteiger partial charge in [-0.05, 0) is 106 Å². The third-order valence-electron chi connectivity index (χ3n) is 16.9. The molecule has 0 fully saturated rings. The van der Waals surface area contributed by atoms with Crippen molar-refractivity contribution in [2.24, 2.45) is 41.4 Å². The SMILES string of the molecule is CCC(NC(=O)C(NC)[C@H](O)[C@H](C)C/C=C/C(=O)OCc1ccccc1)C(=O)N(C)CC(=O)N(C)[C@@H](CC(C)C)C(=O)N[C@H](C(=O)N(C)[C@@H](CC(C)C)C(=O)N[C@H](C)C(=O)N[C@H](C)C(=O)N(C)[C@@H](CC(C)C)C(=O)N(C)[C@@H](CC(C)C)C(=O)N(C)[C@H](C(=O)O)C(C)C)C(C)C. The van der Waals surface area contributed by atoms with Gasteiger partial charge in [0.25, 0.3) is 0 Å². The summed E-state index contributed by atoms with van der Waals surface area (Å²) in [4.78, 5) is 173. The van der Waals surface area contributed by atoms with Crippen molar-refractivity contribution in [2.45, 2.75) is 222 Å². The van der Waals surface area contributed by atoms with Gasteiger partial charge in [0.1, 0.15) is 67.0 Å². The second kappa shape index (κ2) is 40.8. The highest BCUT2D eigenvalue weighted by molar-refractivity contribution is 5.98. The molecular formula is C69H117N11O15. The van der Waals surface area contributed by atoms with E-state index in [9.17, 15) is 67.7 Å². The van der Waals surface area contributed by atoms with Crippen LogP contribution in [0.2, 0.25) is 0 Å². The van der Waals surface area contributed by atoms with Crippen LogP contribution in [-0.2, 0) is 68.9 Å². The molecule has 7 N–H and O–H groups in total. The Bertz CT molecular complexity index is 2740. The van der Waals surface area contributed by atoms with E-state index in [-0.39, 0.29) is 68.8 Å². The van der Waals surface area contributed by atoms with Crippen molar-refractivity contribution < 1.29 is 72.5 Å². The van der Waals surface area contributed by atoms with Crippen molar-refractivity contribution in [3.8, 4) is 0 Å². The maximum Gasteiger partial charge on any atom is 0.330 e. The van der Waals surface area contributed by atoms with Crippen LogP contribution in [0, 0.1) is 41.4 Å². The number of allylic oxidation sites excluding steroid dienone is 1. The molecule has 0 aliphatic rings. The summed E-state index contributed by atoms with van der Waals surface area (Å²) in [5.41, 5.74) is 0.823. The molecule has 1 aromatic rings. The van der Waals surface area contributed by atoms with Gasteiger partial charge >= 0.3 is 11.9 Å². The number of esters is 1. The van der Waals surface area contributed by atoms with Crippen LogP contribution in [0.25, 0.3) is 0 Å². The van der Waals surface area contributed by atoms with Crippen LogP contribution in [-0.4, -0.2) is 233 Å². The zero-order chi connectivity index (χ0) is 73.2. The van der Waals surface area contributed by atoms with Gasteiger partial charge in [-0.25, -0.2) is 9.59 Å². The van der Waals surface area contributed by atoms with Crippen LogP contribution in [0.5, 0.6) is 0 Å². The Balaban J connectivity index is 3.27. The fourth-order valence-corrected chi connectivity index (χ4v) is 11.1. The van der Waals surface area contributed by atoms with Crippen molar-refractivity contribution in [1.29, 1.82) is 0 Å². The number of benzene rings is 1. The van der Waals surface area contributed by atoms with Gasteiger partial charge in [0.15, 0.2) is 0 Å². The number of ether oxygens (including phenoxy) is 1. The van der Waals surface area contributed by atoms with Crippen molar-refractivity contribution in [3.05, 3.63) is 48.0 Å². The molecule has 26 heteroatoms. The lowest BCUT2D eigenvalue weighted by Gasteiger charge is -2.39. The van der Waals surface area contributed by atoms with Crippen molar-refractivity contribution in [2.75, 3.05) is 55.9 Å². The topological polar surface area (TPSA) is 334 Å². The molecule has 0 aromatic heterocycles. The fourth-order valence-electron chi connectivity index (χ4n) is 11.1. The Morgan fingerprint density at radius 1 is 0.505 bits per heavy atom. The van der Waals surface area contributed by atoms with Crippen LogP contribution < -0.4 is 26.6 Å². The first-order chi connectivity index (χ1) is 44.1. The molecule has 2 unspecified atom stereocenters. The second-order valence-electron chi connectivity index (χ2n) is 27.7. The third kappa shape index (κ3) is 26.9. The highest BCUT2D eigenvalue weighted by atomic mass is 16.5. The first kappa shape index (κ1) is 85.5. The Labute approximate surface area is 565 Å². The van der Waals surface area contributed by atoms with Crippen LogP contribution in [0.4, 0.5) is 0 Å². The lowest BCUT2D eigenvalue weighted by molar-refractivity contribution is -0.157. The molecule has 1 aromatic carbocycles. The lowest BCUT2D eigenvalue weighted by atomic mass is 9.93. The van der Waals surface area contributed by atoms with E-state index in [1.807, 2.05) is 85.7 Å². The Morgan fingerprint density at radius 3 is 1.42 bits per heavy atom. The number of carboxylic acid groups (broad SMARTS) is 1. The van der Waals surface area contributed by atoms with Crippen LogP contribution in [0.3, 0.4) is 0 Å². The maximum atomic E-state index is 14.6. The van der Waals surface area contributed by atoms with E-state index in [1.165, 1.54) is 88.9 Å². The van der Waals surface area contributed by atoms with E-state index in [1.54, 1.807) is 47.6 Å². The summed E-state index contributed by atoms with van der Waals surface area (Å²) in [6.45, 7) is 27.5. The number of carboxylic acids is 1. The van der Waals surface area contributed by atoms with Gasteiger partial charge in [0.2, 0.25) is 59.1 Å². The van der Waals surface area contributed by atoms with Crippen LogP contribution in [0.15, 0.2) is 42.5 Å². The van der Waals surface area contributed by atoms with E-state index in [2.05, 4.69) is 26.6 Å². The number of amides is 10. The van der Waals surface area contributed by atoms with E-state index >= 15 is 0 Å². The molecular weight excluding hydrogens is 1220 g/mol. The maximum absolute atomic E-state index is 14.6. The van der Waals surface area contributed by atoms with Gasteiger partial charge in [0.05, 0.1) is 12.6 Å². The Kier molecular flexibility index (Phi) is 36.7. The molecule has 0 saturated heterocycles. The second-order valence-corrected chi connectivity index (χ2v) is 27.7. The molecule has 95 heavy (non-hydrogen) atoms. The highest BCUT2D eigenvalue weighted by Crippen LogP contribution is 2.23. The van der Waals surface area contributed by atoms with Crippen molar-refractivity contribution in [3.63, 3.8) is 0 Å². The first-order valence-electron chi connectivity index (χ1n) is 33.3. The van der Waals surface area contributed by atoms with Crippen molar-refractivity contribution >= 4 is 71.0 Å². The Hall–Kier alpha value is -7.48. The number of nitrogens with one attached hydrogen (secondary N) is 5. The predicted molar refractivity (Wildman–Crippen MR) is 363 cm³/mol. The molecule has 0 saturated carbocycles. The van der Waals surface area contributed by atoms with E-state index in [0.29, 0.717) is 0 Å². The minimum absolute atomic E-state index is 0.0805. The quantitative estimate of drug-likeness (QED) is 0.0363. The molecule has 0 bridgehead atoms. The van der Waals surface area contributed by atoms with E-state index in [0.717, 1.165) is 15.4 Å². The number of carbonyl (C=O) groups excluding carboxylic acids is 11. The fraction of sp³-hybridized carbons (Fsp3) is 0.710. The molecule has 0 spiro atoms. The normalized spacial score (nSPS) is 15.5. The lowest BCUT2D eigenvalue weighted by Crippen LogP contribution is -2.61. The summed E-state index contributed by atoms with van der Waals surface area (Å²) in [7, 11) is 9.98. The average molecular weight is 1340 g/mol. The molecule has 0 aliphatic carbocycles. The largest absolute Gasteiger partial charge is 0.480 e. The summed E-state index contributed by atoms with van der Waals surface area (Å²) in [5, 5.41) is 34.9. The van der Waals surface area contributed by atoms with Gasteiger partial charge in [0, 0.05) is 48.4 Å². The standard InChI is InChI=1S/C69H117N11O15/c1-24-49(73-63(87)57(70-17)59(83)45(14)29-28-32-55(82)95-38-48-30-26-25-27-31-48)65(89)75(18)37-54(81)76(19)50(33-39(2)3)62(86)74-56(43(10)11)68(92)77(20)51(34-40(4)5)61(85)71-46(15)60(84)72-47(16)64(88)78(21)52(35-41(6)7)66(90)79(22)53(36-42(8)9)67(91)80(23)58(44(12)13)69(93)94/h25-28,30-32,39-47,49-53,56-59,70,83H,24,29,33-38H2,1-23H3,(H,71,85)(H,72,84)(H,73,87)(H,74,86)(H,93,94)/b32-28+/t45-,46-,47-,49?,50+,51+,52+,53+,56+,57?,58+,59-/m1/s1. The number of carbonyl (C=O) groups is 12. The summed E-state index contributed by atoms with van der Waals surface area (Å²) in [5.74, 6) is -10.2. The minimum atomic E-state index is -1.25. The highest BCUT2D eigenvalue weighted by Gasteiger charge is 2.42. The molecule has 538 valence electrons. The number of aliphatic carboxylic acids is 1. The molecule has 10 amide bonds. The molecule has 1 rings (SSSR count). The molecule has 0 radical (unpaired) electrons. The predicted octanol–water partition coefficient (Wildman–Crippen LogP) is 3.82. The average Bonchev–Trinajstić information content (AvgIpc) is 0.825. The van der Waals surface area contributed by atoms with Crippen molar-refractivity contribution in [1.82, 2.24) is 56.0 Å². The number of likely N-dealkylation sites (N-methyl/N-ethyl adjacent to an activating group) is 7. The number of hydrogen-bond acceptors (Lipinski definition) is 15. The van der Waals surface area contributed by atoms with Crippen LogP contribution >= 0.6 is 0 Å². The summed E-state index contributed by atoms with van der Waals surface area (Å²) >= 11 is 0. The number of aliphatic hydroxyl groups is 1. The number of hydrogen-bond donors (Lipinski definition) is 7. The smallest absolute Gasteiger partial charge is 0.330 e. The van der Waals surface area contributed by atoms with Gasteiger partial charge in [-0.15, -0.1) is 0 Å². The van der Waals surface area contributed by atoms with Gasteiger partial charge < -0.3 is 70.9 Å². The summed E-state index contributed by atoms with van der Waals surface area (Å²) in [6, 6.07) is -2.40. The number of rotatable bonds is 40. The van der Waals surface area contributed by atoms with Crippen LogP contribution in [0.1, 0.15) is 155 Å². The summed E-state index contributed by atoms with van der Waals surface area (Å²) < 4.78 is 5.27. The molecule has 26 nitrogen and oxygen atoms in total. The van der Waals surface area contributed by atoms with Gasteiger partial charge in [-0.3, -0.25) is 47.9 Å². The zero-order valence-corrected chi connectivity index (χ0v) is 61.0. The molecule has 0 heterocycles. The molecule has 0 aliphatic heterocycles. The van der Waals surface area contributed by atoms with E-state index < -0.39 is 162 Å². The number of nitrogens with zero attached hydrogens (tertiary/aromatic N) is 6. The first-order valence-corrected chi connectivity index (χ1v) is 33.3. The third-order valence-corrected chi connectivity index (χ3v) is 16.9.